The smallest absolute Gasteiger partial charge is 0.202 e. The maximum atomic E-state index is 12.5. The van der Waals surface area contributed by atoms with E-state index < -0.39 is 6.04 Å². The van der Waals surface area contributed by atoms with Crippen molar-refractivity contribution in [3.63, 3.8) is 0 Å². The normalized spacial score (nSPS) is 23.8. The fraction of sp³-hybridized carbons (Fsp3) is 0.438. The van der Waals surface area contributed by atoms with Crippen molar-refractivity contribution in [3.8, 4) is 0 Å². The summed E-state index contributed by atoms with van der Waals surface area (Å²) in [4.78, 5) is 25.0. The van der Waals surface area contributed by atoms with Gasteiger partial charge in [0, 0.05) is 17.2 Å². The summed E-state index contributed by atoms with van der Waals surface area (Å²) in [7, 11) is 0. The van der Waals surface area contributed by atoms with Gasteiger partial charge >= 0.3 is 0 Å². The summed E-state index contributed by atoms with van der Waals surface area (Å²) in [5, 5.41) is 3.32. The maximum Gasteiger partial charge on any atom is 0.202 e. The largest absolute Gasteiger partial charge is 0.300 e. The van der Waals surface area contributed by atoms with Crippen LogP contribution in [0.3, 0.4) is 0 Å². The molecule has 1 unspecified atom stereocenters. The van der Waals surface area contributed by atoms with Gasteiger partial charge in [-0.3, -0.25) is 14.9 Å². The molecule has 1 N–H and O–H groups in total. The summed E-state index contributed by atoms with van der Waals surface area (Å²) in [6, 6.07) is 6.63. The highest BCUT2D eigenvalue weighted by Crippen LogP contribution is 2.23. The van der Waals surface area contributed by atoms with E-state index in [2.05, 4.69) is 5.32 Å². The monoisotopic (exact) mass is 287 g/mol. The van der Waals surface area contributed by atoms with Crippen LogP contribution in [0.1, 0.15) is 52.8 Å². The van der Waals surface area contributed by atoms with Crippen LogP contribution >= 0.6 is 12.2 Å². The predicted molar refractivity (Wildman–Crippen MR) is 81.5 cm³/mol. The number of hydrogen-bond acceptors (Lipinski definition) is 4. The Morgan fingerprint density at radius 2 is 1.65 bits per heavy atom. The fourth-order valence-electron chi connectivity index (χ4n) is 3.09. The van der Waals surface area contributed by atoms with E-state index in [-0.39, 0.29) is 16.4 Å². The number of thiocarbonyl (C=S) groups is 1. The molecule has 2 aliphatic rings. The lowest BCUT2D eigenvalue weighted by molar-refractivity contribution is 0.0930. The molecule has 0 heterocycles. The molecule has 0 saturated heterocycles. The summed E-state index contributed by atoms with van der Waals surface area (Å²) in [6.07, 6.45) is 5.72. The third-order valence-corrected chi connectivity index (χ3v) is 4.61. The van der Waals surface area contributed by atoms with Crippen molar-refractivity contribution in [3.05, 3.63) is 35.4 Å². The van der Waals surface area contributed by atoms with Gasteiger partial charge in [0.25, 0.3) is 0 Å². The van der Waals surface area contributed by atoms with Gasteiger partial charge in [-0.15, -0.1) is 0 Å². The molecule has 1 aromatic carbocycles. The zero-order valence-corrected chi connectivity index (χ0v) is 12.0. The van der Waals surface area contributed by atoms with E-state index in [1.54, 1.807) is 24.3 Å². The zero-order chi connectivity index (χ0) is 14.1. The van der Waals surface area contributed by atoms with Crippen LogP contribution in [0, 0.1) is 0 Å². The Hall–Kier alpha value is -1.39. The summed E-state index contributed by atoms with van der Waals surface area (Å²) in [5.74, 6) is -0.237. The number of hydrogen-bond donors (Lipinski definition) is 1. The second kappa shape index (κ2) is 5.54. The lowest BCUT2D eigenvalue weighted by Gasteiger charge is -2.30. The summed E-state index contributed by atoms with van der Waals surface area (Å²) < 4.78 is 0. The van der Waals surface area contributed by atoms with Crippen LogP contribution in [0.4, 0.5) is 0 Å². The Balaban J connectivity index is 1.87. The first-order valence-electron chi connectivity index (χ1n) is 7.16. The molecule has 2 aliphatic carbocycles. The van der Waals surface area contributed by atoms with Crippen molar-refractivity contribution in [1.82, 2.24) is 5.32 Å². The van der Waals surface area contributed by atoms with Crippen LogP contribution in [0.15, 0.2) is 24.3 Å². The summed E-state index contributed by atoms with van der Waals surface area (Å²) in [5.41, 5.74) is 0.948. The lowest BCUT2D eigenvalue weighted by Crippen LogP contribution is -2.53. The molecule has 0 spiro atoms. The SMILES string of the molecule is O=C1C(=S)C(NC2CCCCC2)C(=O)c2ccccc21. The van der Waals surface area contributed by atoms with Crippen LogP contribution in [-0.2, 0) is 0 Å². The van der Waals surface area contributed by atoms with E-state index in [0.717, 1.165) is 12.8 Å². The number of carbonyl (C=O) groups excluding carboxylic acids is 2. The second-order valence-electron chi connectivity index (χ2n) is 5.54. The molecular formula is C16H17NO2S. The third-order valence-electron chi connectivity index (χ3n) is 4.19. The van der Waals surface area contributed by atoms with Crippen molar-refractivity contribution in [2.24, 2.45) is 0 Å². The average molecular weight is 287 g/mol. The molecule has 0 radical (unpaired) electrons. The first kappa shape index (κ1) is 13.6. The van der Waals surface area contributed by atoms with Gasteiger partial charge < -0.3 is 0 Å². The van der Waals surface area contributed by atoms with E-state index in [4.69, 9.17) is 12.2 Å². The zero-order valence-electron chi connectivity index (χ0n) is 11.2. The molecule has 20 heavy (non-hydrogen) atoms. The molecule has 1 aromatic rings. The first-order valence-corrected chi connectivity index (χ1v) is 7.57. The third kappa shape index (κ3) is 2.34. The lowest BCUT2D eigenvalue weighted by atomic mass is 9.84. The Labute approximate surface area is 123 Å². The van der Waals surface area contributed by atoms with E-state index in [1.165, 1.54) is 19.3 Å². The van der Waals surface area contributed by atoms with E-state index in [0.29, 0.717) is 17.2 Å². The molecular weight excluding hydrogens is 270 g/mol. The molecule has 1 fully saturated rings. The van der Waals surface area contributed by atoms with E-state index in [9.17, 15) is 9.59 Å². The number of carbonyl (C=O) groups is 2. The Morgan fingerprint density at radius 1 is 1.00 bits per heavy atom. The standard InChI is InChI=1S/C16H17NO2S/c18-14-11-8-4-5-9-12(11)15(19)16(20)13(14)17-10-6-2-1-3-7-10/h4-5,8-10,13,17H,1-3,6-7H2. The Bertz CT molecular complexity index is 576. The van der Waals surface area contributed by atoms with Crippen molar-refractivity contribution in [2.75, 3.05) is 0 Å². The van der Waals surface area contributed by atoms with Crippen molar-refractivity contribution >= 4 is 28.6 Å². The molecule has 104 valence electrons. The van der Waals surface area contributed by atoms with Crippen LogP contribution in [0.25, 0.3) is 0 Å². The maximum absolute atomic E-state index is 12.5. The molecule has 1 atom stereocenters. The van der Waals surface area contributed by atoms with Crippen molar-refractivity contribution in [1.29, 1.82) is 0 Å². The summed E-state index contributed by atoms with van der Waals surface area (Å²) in [6.45, 7) is 0. The topological polar surface area (TPSA) is 46.2 Å². The fourth-order valence-corrected chi connectivity index (χ4v) is 3.38. The van der Waals surface area contributed by atoms with Gasteiger partial charge in [-0.25, -0.2) is 0 Å². The van der Waals surface area contributed by atoms with Crippen molar-refractivity contribution < 1.29 is 9.59 Å². The highest BCUT2D eigenvalue weighted by molar-refractivity contribution is 7.82. The predicted octanol–water partition coefficient (Wildman–Crippen LogP) is 2.73. The van der Waals surface area contributed by atoms with Crippen LogP contribution in [-0.4, -0.2) is 28.5 Å². The van der Waals surface area contributed by atoms with E-state index >= 15 is 0 Å². The minimum Gasteiger partial charge on any atom is -0.300 e. The van der Waals surface area contributed by atoms with Gasteiger partial charge in [0.2, 0.25) is 5.78 Å². The molecule has 0 aliphatic heterocycles. The summed E-state index contributed by atoms with van der Waals surface area (Å²) >= 11 is 5.24. The number of Topliss-reactive ketones (excluding diaryl/α,β-unsaturated/α-hetero) is 2. The molecule has 1 saturated carbocycles. The van der Waals surface area contributed by atoms with Crippen LogP contribution in [0.5, 0.6) is 0 Å². The molecule has 0 amide bonds. The Morgan fingerprint density at radius 3 is 2.35 bits per heavy atom. The van der Waals surface area contributed by atoms with Crippen LogP contribution in [0.2, 0.25) is 0 Å². The van der Waals surface area contributed by atoms with Crippen LogP contribution < -0.4 is 5.32 Å². The minimum absolute atomic E-state index is 0.0595. The molecule has 0 aromatic heterocycles. The van der Waals surface area contributed by atoms with Gasteiger partial charge in [-0.05, 0) is 12.8 Å². The minimum atomic E-state index is -0.615. The molecule has 3 rings (SSSR count). The number of fused-ring (bicyclic) bond motifs is 1. The van der Waals surface area contributed by atoms with Crippen molar-refractivity contribution in [2.45, 2.75) is 44.2 Å². The van der Waals surface area contributed by atoms with Gasteiger partial charge in [-0.1, -0.05) is 55.7 Å². The quantitative estimate of drug-likeness (QED) is 0.850. The second-order valence-corrected chi connectivity index (χ2v) is 5.98. The van der Waals surface area contributed by atoms with Gasteiger partial charge in [0.1, 0.15) is 6.04 Å². The number of nitrogens with one attached hydrogen (secondary N) is 1. The Kier molecular flexibility index (Phi) is 3.76. The molecule has 0 bridgehead atoms. The van der Waals surface area contributed by atoms with Gasteiger partial charge in [0.15, 0.2) is 5.78 Å². The highest BCUT2D eigenvalue weighted by Gasteiger charge is 2.38. The van der Waals surface area contributed by atoms with Gasteiger partial charge in [-0.2, -0.15) is 0 Å². The highest BCUT2D eigenvalue weighted by atomic mass is 32.1. The number of benzene rings is 1. The van der Waals surface area contributed by atoms with E-state index in [1.807, 2.05) is 0 Å². The first-order chi connectivity index (χ1) is 9.68. The number of ketones is 2. The molecule has 4 heteroatoms. The number of rotatable bonds is 2. The molecule has 3 nitrogen and oxygen atoms in total. The average Bonchev–Trinajstić information content (AvgIpc) is 2.50. The van der Waals surface area contributed by atoms with Gasteiger partial charge in [0.05, 0.1) is 4.86 Å².